The number of rotatable bonds is 4. The summed E-state index contributed by atoms with van der Waals surface area (Å²) in [5.41, 5.74) is 0.795. The number of hydrogen-bond acceptors (Lipinski definition) is 2. The van der Waals surface area contributed by atoms with Gasteiger partial charge in [-0.3, -0.25) is 0 Å². The fourth-order valence-corrected chi connectivity index (χ4v) is 2.42. The van der Waals surface area contributed by atoms with Crippen LogP contribution in [0, 0.1) is 5.82 Å². The van der Waals surface area contributed by atoms with Gasteiger partial charge in [-0.1, -0.05) is 37.9 Å². The second-order valence-electron chi connectivity index (χ2n) is 3.97. The Bertz CT molecular complexity index is 659. The van der Waals surface area contributed by atoms with Crippen LogP contribution < -0.4 is 4.74 Å². The second kappa shape index (κ2) is 6.37. The maximum absolute atomic E-state index is 13.0. The van der Waals surface area contributed by atoms with Crippen LogP contribution in [0.4, 0.5) is 4.39 Å². The number of carbonyl (C=O) groups is 1. The molecule has 20 heavy (non-hydrogen) atoms. The van der Waals surface area contributed by atoms with Gasteiger partial charge in [-0.15, -0.1) is 0 Å². The van der Waals surface area contributed by atoms with E-state index >= 15 is 0 Å². The van der Waals surface area contributed by atoms with E-state index in [0.29, 0.717) is 8.95 Å². The topological polar surface area (TPSA) is 46.5 Å². The van der Waals surface area contributed by atoms with Crippen molar-refractivity contribution >= 4 is 37.8 Å². The van der Waals surface area contributed by atoms with Gasteiger partial charge in [-0.05, 0) is 30.3 Å². The van der Waals surface area contributed by atoms with Crippen molar-refractivity contribution in [3.8, 4) is 5.75 Å². The number of halogens is 3. The maximum atomic E-state index is 13.0. The Labute approximate surface area is 131 Å². The van der Waals surface area contributed by atoms with Crippen molar-refractivity contribution in [2.45, 2.75) is 6.61 Å². The molecule has 0 aliphatic carbocycles. The lowest BCUT2D eigenvalue weighted by atomic mass is 10.2. The minimum absolute atomic E-state index is 0.0672. The summed E-state index contributed by atoms with van der Waals surface area (Å²) in [6, 6.07) is 8.98. The van der Waals surface area contributed by atoms with Gasteiger partial charge in [0.15, 0.2) is 0 Å². The smallest absolute Gasteiger partial charge is 0.339 e. The molecule has 0 spiro atoms. The third kappa shape index (κ3) is 3.58. The first-order valence-electron chi connectivity index (χ1n) is 5.57. The molecule has 2 aromatic rings. The number of carboxylic acid groups (broad SMARTS) is 1. The SMILES string of the molecule is O=C(O)c1cc(Br)ccc1OCc1ccc(F)cc1Br. The van der Waals surface area contributed by atoms with Crippen LogP contribution in [0.3, 0.4) is 0 Å². The zero-order valence-electron chi connectivity index (χ0n) is 10.1. The summed E-state index contributed by atoms with van der Waals surface area (Å²) in [6.45, 7) is 0.142. The Kier molecular flexibility index (Phi) is 4.77. The molecular formula is C14H9Br2FO3. The monoisotopic (exact) mass is 402 g/mol. The lowest BCUT2D eigenvalue weighted by Crippen LogP contribution is -2.04. The van der Waals surface area contributed by atoms with E-state index in [1.165, 1.54) is 18.2 Å². The summed E-state index contributed by atoms with van der Waals surface area (Å²) in [5, 5.41) is 9.12. The highest BCUT2D eigenvalue weighted by molar-refractivity contribution is 9.10. The zero-order valence-corrected chi connectivity index (χ0v) is 13.2. The largest absolute Gasteiger partial charge is 0.488 e. The van der Waals surface area contributed by atoms with Crippen LogP contribution >= 0.6 is 31.9 Å². The van der Waals surface area contributed by atoms with Crippen LogP contribution in [-0.2, 0) is 6.61 Å². The molecule has 0 saturated heterocycles. The van der Waals surface area contributed by atoms with Crippen LogP contribution in [0.5, 0.6) is 5.75 Å². The van der Waals surface area contributed by atoms with Crippen molar-refractivity contribution in [2.75, 3.05) is 0 Å². The van der Waals surface area contributed by atoms with Crippen molar-refractivity contribution in [3.05, 3.63) is 62.3 Å². The van der Waals surface area contributed by atoms with Gasteiger partial charge >= 0.3 is 5.97 Å². The van der Waals surface area contributed by atoms with E-state index in [9.17, 15) is 9.18 Å². The Balaban J connectivity index is 2.20. The lowest BCUT2D eigenvalue weighted by molar-refractivity contribution is 0.0691. The van der Waals surface area contributed by atoms with Crippen molar-refractivity contribution in [2.24, 2.45) is 0 Å². The Morgan fingerprint density at radius 1 is 1.20 bits per heavy atom. The average Bonchev–Trinajstić information content (AvgIpc) is 2.38. The first-order chi connectivity index (χ1) is 9.47. The fraction of sp³-hybridized carbons (Fsp3) is 0.0714. The molecule has 2 rings (SSSR count). The number of carboxylic acids is 1. The van der Waals surface area contributed by atoms with Crippen LogP contribution in [0.2, 0.25) is 0 Å². The van der Waals surface area contributed by atoms with Crippen molar-refractivity contribution < 1.29 is 19.0 Å². The summed E-state index contributed by atoms with van der Waals surface area (Å²) in [4.78, 5) is 11.1. The summed E-state index contributed by atoms with van der Waals surface area (Å²) < 4.78 is 19.7. The standard InChI is InChI=1S/C14H9Br2FO3/c15-9-2-4-13(11(5-9)14(18)19)20-7-8-1-3-10(17)6-12(8)16/h1-6H,7H2,(H,18,19). The molecule has 104 valence electrons. The van der Waals surface area contributed by atoms with E-state index in [2.05, 4.69) is 31.9 Å². The molecule has 0 bridgehead atoms. The molecule has 0 aromatic heterocycles. The summed E-state index contributed by atoms with van der Waals surface area (Å²) in [7, 11) is 0. The predicted octanol–water partition coefficient (Wildman–Crippen LogP) is 4.63. The van der Waals surface area contributed by atoms with Gasteiger partial charge in [0.2, 0.25) is 0 Å². The minimum Gasteiger partial charge on any atom is -0.488 e. The molecule has 1 N–H and O–H groups in total. The molecule has 2 aromatic carbocycles. The molecule has 0 saturated carbocycles. The van der Waals surface area contributed by atoms with Crippen LogP contribution in [-0.4, -0.2) is 11.1 Å². The van der Waals surface area contributed by atoms with Crippen LogP contribution in [0.1, 0.15) is 15.9 Å². The third-order valence-electron chi connectivity index (χ3n) is 2.57. The quantitative estimate of drug-likeness (QED) is 0.809. The minimum atomic E-state index is -1.07. The Morgan fingerprint density at radius 2 is 1.95 bits per heavy atom. The fourth-order valence-electron chi connectivity index (χ4n) is 1.59. The van der Waals surface area contributed by atoms with Gasteiger partial charge in [-0.2, -0.15) is 0 Å². The number of hydrogen-bond donors (Lipinski definition) is 1. The van der Waals surface area contributed by atoms with E-state index in [0.717, 1.165) is 5.56 Å². The van der Waals surface area contributed by atoms with Gasteiger partial charge in [0, 0.05) is 14.5 Å². The molecule has 0 aliphatic heterocycles. The molecule has 0 aliphatic rings. The van der Waals surface area contributed by atoms with Crippen molar-refractivity contribution in [3.63, 3.8) is 0 Å². The molecule has 3 nitrogen and oxygen atoms in total. The van der Waals surface area contributed by atoms with Gasteiger partial charge in [-0.25, -0.2) is 9.18 Å². The van der Waals surface area contributed by atoms with Gasteiger partial charge in [0.1, 0.15) is 23.7 Å². The van der Waals surface area contributed by atoms with E-state index < -0.39 is 5.97 Å². The van der Waals surface area contributed by atoms with Gasteiger partial charge in [0.05, 0.1) is 0 Å². The first kappa shape index (κ1) is 15.0. The van der Waals surface area contributed by atoms with E-state index in [4.69, 9.17) is 9.84 Å². The van der Waals surface area contributed by atoms with Crippen molar-refractivity contribution in [1.29, 1.82) is 0 Å². The Hall–Kier alpha value is -1.40. The third-order valence-corrected chi connectivity index (χ3v) is 3.80. The highest BCUT2D eigenvalue weighted by atomic mass is 79.9. The molecular weight excluding hydrogens is 395 g/mol. The molecule has 0 atom stereocenters. The van der Waals surface area contributed by atoms with E-state index in [1.54, 1.807) is 18.2 Å². The molecule has 0 heterocycles. The molecule has 6 heteroatoms. The van der Waals surface area contributed by atoms with E-state index in [-0.39, 0.29) is 23.7 Å². The lowest BCUT2D eigenvalue weighted by Gasteiger charge is -2.10. The Morgan fingerprint density at radius 3 is 2.60 bits per heavy atom. The summed E-state index contributed by atoms with van der Waals surface area (Å²) in [6.07, 6.45) is 0. The molecule has 0 unspecified atom stereocenters. The molecule has 0 radical (unpaired) electrons. The highest BCUT2D eigenvalue weighted by Crippen LogP contribution is 2.25. The van der Waals surface area contributed by atoms with Crippen molar-refractivity contribution in [1.82, 2.24) is 0 Å². The highest BCUT2D eigenvalue weighted by Gasteiger charge is 2.12. The average molecular weight is 404 g/mol. The summed E-state index contributed by atoms with van der Waals surface area (Å²) in [5.74, 6) is -1.16. The van der Waals surface area contributed by atoms with Gasteiger partial charge < -0.3 is 9.84 Å². The second-order valence-corrected chi connectivity index (χ2v) is 5.74. The molecule has 0 amide bonds. The normalized spacial score (nSPS) is 10.3. The van der Waals surface area contributed by atoms with Crippen LogP contribution in [0.25, 0.3) is 0 Å². The first-order valence-corrected chi connectivity index (χ1v) is 7.15. The summed E-state index contributed by atoms with van der Waals surface area (Å²) >= 11 is 6.45. The molecule has 0 fully saturated rings. The van der Waals surface area contributed by atoms with Crippen LogP contribution in [0.15, 0.2) is 45.3 Å². The van der Waals surface area contributed by atoms with Gasteiger partial charge in [0.25, 0.3) is 0 Å². The zero-order chi connectivity index (χ0) is 14.7. The number of ether oxygens (including phenoxy) is 1. The predicted molar refractivity (Wildman–Crippen MR) is 79.5 cm³/mol. The number of benzene rings is 2. The van der Waals surface area contributed by atoms with E-state index in [1.807, 2.05) is 0 Å². The maximum Gasteiger partial charge on any atom is 0.339 e. The number of aromatic carboxylic acids is 1.